The number of carbonyl (C=O) groups excluding carboxylic acids is 1. The summed E-state index contributed by atoms with van der Waals surface area (Å²) in [5.74, 6) is 0.242. The van der Waals surface area contributed by atoms with E-state index in [0.717, 1.165) is 18.5 Å². The number of anilines is 1. The van der Waals surface area contributed by atoms with Gasteiger partial charge in [0.05, 0.1) is 0 Å². The molecule has 0 aromatic heterocycles. The van der Waals surface area contributed by atoms with Crippen molar-refractivity contribution in [2.24, 2.45) is 5.92 Å². The molecule has 0 saturated carbocycles. The van der Waals surface area contributed by atoms with Gasteiger partial charge in [-0.2, -0.15) is 0 Å². The second kappa shape index (κ2) is 4.75. The van der Waals surface area contributed by atoms with Crippen LogP contribution in [0.5, 0.6) is 0 Å². The molecule has 0 bridgehead atoms. The van der Waals surface area contributed by atoms with E-state index < -0.39 is 0 Å². The van der Waals surface area contributed by atoms with Crippen LogP contribution in [0.1, 0.15) is 22.3 Å². The van der Waals surface area contributed by atoms with Gasteiger partial charge in [-0.15, -0.1) is 0 Å². The first-order valence-electron chi connectivity index (χ1n) is 5.88. The Balaban J connectivity index is 2.17. The minimum atomic E-state index is 0.0192. The molecule has 1 amide bonds. The SMILES string of the molecule is Cc1ccc(N)cc1C(=O)N1CCC(CO)C1. The Hall–Kier alpha value is -1.55. The zero-order valence-electron chi connectivity index (χ0n) is 10.0. The van der Waals surface area contributed by atoms with E-state index in [2.05, 4.69) is 0 Å². The summed E-state index contributed by atoms with van der Waals surface area (Å²) in [6, 6.07) is 5.39. The Labute approximate surface area is 101 Å². The summed E-state index contributed by atoms with van der Waals surface area (Å²) in [5.41, 5.74) is 7.93. The summed E-state index contributed by atoms with van der Waals surface area (Å²) in [4.78, 5) is 14.1. The number of nitrogen functional groups attached to an aromatic ring is 1. The van der Waals surface area contributed by atoms with Crippen molar-refractivity contribution in [1.29, 1.82) is 0 Å². The third-order valence-electron chi connectivity index (χ3n) is 3.32. The van der Waals surface area contributed by atoms with E-state index >= 15 is 0 Å². The summed E-state index contributed by atoms with van der Waals surface area (Å²) in [6.45, 7) is 3.42. The molecule has 1 aliphatic heterocycles. The van der Waals surface area contributed by atoms with E-state index in [4.69, 9.17) is 10.8 Å². The van der Waals surface area contributed by atoms with Crippen LogP contribution in [0.3, 0.4) is 0 Å². The van der Waals surface area contributed by atoms with E-state index in [0.29, 0.717) is 17.8 Å². The van der Waals surface area contributed by atoms with E-state index in [1.165, 1.54) is 0 Å². The molecule has 92 valence electrons. The number of hydrogen-bond donors (Lipinski definition) is 2. The molecule has 1 heterocycles. The Kier molecular flexibility index (Phi) is 3.33. The van der Waals surface area contributed by atoms with Gasteiger partial charge in [-0.3, -0.25) is 4.79 Å². The lowest BCUT2D eigenvalue weighted by atomic mass is 10.1. The molecule has 1 atom stereocenters. The normalized spacial score (nSPS) is 19.6. The van der Waals surface area contributed by atoms with Crippen molar-refractivity contribution < 1.29 is 9.90 Å². The summed E-state index contributed by atoms with van der Waals surface area (Å²) in [6.07, 6.45) is 0.879. The van der Waals surface area contributed by atoms with Gasteiger partial charge in [0.15, 0.2) is 0 Å². The van der Waals surface area contributed by atoms with Crippen LogP contribution in [0.4, 0.5) is 5.69 Å². The molecule has 3 N–H and O–H groups in total. The lowest BCUT2D eigenvalue weighted by Gasteiger charge is -2.17. The predicted octanol–water partition coefficient (Wildman–Crippen LogP) is 1.03. The summed E-state index contributed by atoms with van der Waals surface area (Å²) < 4.78 is 0. The molecule has 2 rings (SSSR count). The molecule has 1 fully saturated rings. The standard InChI is InChI=1S/C13H18N2O2/c1-9-2-3-11(14)6-12(9)13(17)15-5-4-10(7-15)8-16/h2-3,6,10,16H,4-5,7-8,14H2,1H3. The van der Waals surface area contributed by atoms with Crippen molar-refractivity contribution in [3.05, 3.63) is 29.3 Å². The first kappa shape index (κ1) is 11.9. The molecule has 1 aromatic rings. The molecule has 4 nitrogen and oxygen atoms in total. The van der Waals surface area contributed by atoms with Crippen LogP contribution in [-0.4, -0.2) is 35.6 Å². The van der Waals surface area contributed by atoms with E-state index in [1.54, 1.807) is 17.0 Å². The molecule has 1 aliphatic rings. The Morgan fingerprint density at radius 1 is 1.59 bits per heavy atom. The Morgan fingerprint density at radius 2 is 2.35 bits per heavy atom. The molecular formula is C13H18N2O2. The highest BCUT2D eigenvalue weighted by Gasteiger charge is 2.27. The topological polar surface area (TPSA) is 66.6 Å². The van der Waals surface area contributed by atoms with Crippen molar-refractivity contribution in [2.75, 3.05) is 25.4 Å². The van der Waals surface area contributed by atoms with Gasteiger partial charge in [0.2, 0.25) is 0 Å². The molecule has 1 aromatic carbocycles. The highest BCUT2D eigenvalue weighted by Crippen LogP contribution is 2.21. The number of carbonyl (C=O) groups is 1. The van der Waals surface area contributed by atoms with Gasteiger partial charge < -0.3 is 15.7 Å². The first-order chi connectivity index (χ1) is 8.11. The van der Waals surface area contributed by atoms with Crippen LogP contribution in [0.2, 0.25) is 0 Å². The molecule has 0 aliphatic carbocycles. The van der Waals surface area contributed by atoms with Crippen molar-refractivity contribution in [1.82, 2.24) is 4.90 Å². The van der Waals surface area contributed by atoms with Gasteiger partial charge in [0, 0.05) is 36.9 Å². The minimum Gasteiger partial charge on any atom is -0.399 e. The van der Waals surface area contributed by atoms with Gasteiger partial charge in [-0.05, 0) is 31.0 Å². The average Bonchev–Trinajstić information content (AvgIpc) is 2.80. The van der Waals surface area contributed by atoms with Crippen LogP contribution in [0.25, 0.3) is 0 Å². The molecular weight excluding hydrogens is 216 g/mol. The molecule has 4 heteroatoms. The lowest BCUT2D eigenvalue weighted by Crippen LogP contribution is -2.29. The number of aryl methyl sites for hydroxylation is 1. The van der Waals surface area contributed by atoms with Gasteiger partial charge in [-0.25, -0.2) is 0 Å². The first-order valence-corrected chi connectivity index (χ1v) is 5.88. The molecule has 0 radical (unpaired) electrons. The molecule has 1 unspecified atom stereocenters. The maximum Gasteiger partial charge on any atom is 0.254 e. The molecule has 1 saturated heterocycles. The highest BCUT2D eigenvalue weighted by atomic mass is 16.3. The fraction of sp³-hybridized carbons (Fsp3) is 0.462. The summed E-state index contributed by atoms with van der Waals surface area (Å²) >= 11 is 0. The second-order valence-corrected chi connectivity index (χ2v) is 4.66. The summed E-state index contributed by atoms with van der Waals surface area (Å²) in [7, 11) is 0. The fourth-order valence-electron chi connectivity index (χ4n) is 2.21. The second-order valence-electron chi connectivity index (χ2n) is 4.66. The minimum absolute atomic E-state index is 0.0192. The smallest absolute Gasteiger partial charge is 0.254 e. The fourth-order valence-corrected chi connectivity index (χ4v) is 2.21. The zero-order chi connectivity index (χ0) is 12.4. The number of rotatable bonds is 2. The Morgan fingerprint density at radius 3 is 3.00 bits per heavy atom. The van der Waals surface area contributed by atoms with Crippen LogP contribution in [0.15, 0.2) is 18.2 Å². The van der Waals surface area contributed by atoms with Crippen LogP contribution in [-0.2, 0) is 0 Å². The number of aliphatic hydroxyl groups is 1. The van der Waals surface area contributed by atoms with E-state index in [9.17, 15) is 4.79 Å². The third kappa shape index (κ3) is 2.42. The third-order valence-corrected chi connectivity index (χ3v) is 3.32. The van der Waals surface area contributed by atoms with Crippen molar-refractivity contribution >= 4 is 11.6 Å². The molecule has 0 spiro atoms. The van der Waals surface area contributed by atoms with E-state index in [1.807, 2.05) is 13.0 Å². The van der Waals surface area contributed by atoms with Crippen molar-refractivity contribution in [2.45, 2.75) is 13.3 Å². The van der Waals surface area contributed by atoms with Gasteiger partial charge in [0.1, 0.15) is 0 Å². The van der Waals surface area contributed by atoms with Crippen LogP contribution >= 0.6 is 0 Å². The number of likely N-dealkylation sites (tertiary alicyclic amines) is 1. The van der Waals surface area contributed by atoms with Crippen molar-refractivity contribution in [3.63, 3.8) is 0 Å². The van der Waals surface area contributed by atoms with Gasteiger partial charge in [0.25, 0.3) is 5.91 Å². The molecule has 17 heavy (non-hydrogen) atoms. The number of hydrogen-bond acceptors (Lipinski definition) is 3. The quantitative estimate of drug-likeness (QED) is 0.751. The maximum atomic E-state index is 12.3. The summed E-state index contributed by atoms with van der Waals surface area (Å²) in [5, 5.41) is 9.08. The number of nitrogens with two attached hydrogens (primary N) is 1. The lowest BCUT2D eigenvalue weighted by molar-refractivity contribution is 0.0781. The monoisotopic (exact) mass is 234 g/mol. The predicted molar refractivity (Wildman–Crippen MR) is 66.7 cm³/mol. The number of benzene rings is 1. The number of nitrogens with zero attached hydrogens (tertiary/aromatic N) is 1. The number of aliphatic hydroxyl groups excluding tert-OH is 1. The highest BCUT2D eigenvalue weighted by molar-refractivity contribution is 5.96. The number of amides is 1. The van der Waals surface area contributed by atoms with E-state index in [-0.39, 0.29) is 18.4 Å². The van der Waals surface area contributed by atoms with Crippen LogP contribution < -0.4 is 5.73 Å². The largest absolute Gasteiger partial charge is 0.399 e. The average molecular weight is 234 g/mol. The van der Waals surface area contributed by atoms with Crippen molar-refractivity contribution in [3.8, 4) is 0 Å². The van der Waals surface area contributed by atoms with Crippen LogP contribution in [0, 0.1) is 12.8 Å². The maximum absolute atomic E-state index is 12.3. The van der Waals surface area contributed by atoms with Gasteiger partial charge in [-0.1, -0.05) is 6.07 Å². The van der Waals surface area contributed by atoms with Gasteiger partial charge >= 0.3 is 0 Å². The Bertz CT molecular complexity index is 431. The zero-order valence-corrected chi connectivity index (χ0v) is 10.0.